The summed E-state index contributed by atoms with van der Waals surface area (Å²) in [4.78, 5) is 24.7. The molecule has 3 heterocycles. The van der Waals surface area contributed by atoms with Gasteiger partial charge in [-0.05, 0) is 37.6 Å². The number of hydrogen-bond acceptors (Lipinski definition) is 6. The second-order valence-corrected chi connectivity index (χ2v) is 8.58. The Balaban J connectivity index is 1.42. The molecule has 10 heteroatoms. The van der Waals surface area contributed by atoms with E-state index in [9.17, 15) is 18.7 Å². The molecule has 0 aliphatic carbocycles. The number of rotatable bonds is 4. The zero-order chi connectivity index (χ0) is 22.1. The maximum absolute atomic E-state index is 14.6. The number of nitrogens with one attached hydrogen (secondary N) is 1. The molecule has 0 saturated carbocycles. The number of thiazole rings is 1. The van der Waals surface area contributed by atoms with Crippen molar-refractivity contribution >= 4 is 38.5 Å². The van der Waals surface area contributed by atoms with Crippen LogP contribution in [-0.4, -0.2) is 51.7 Å². The highest BCUT2D eigenvalue weighted by atomic mass is 32.1. The van der Waals surface area contributed by atoms with Crippen molar-refractivity contribution in [3.05, 3.63) is 47.7 Å². The minimum Gasteiger partial charge on any atom is -0.388 e. The van der Waals surface area contributed by atoms with Crippen LogP contribution >= 0.6 is 11.3 Å². The zero-order valence-electron chi connectivity index (χ0n) is 17.2. The summed E-state index contributed by atoms with van der Waals surface area (Å²) < 4.78 is 28.7. The first-order valence-electron chi connectivity index (χ1n) is 10.1. The molecular formula is C21H23F2N5O2S. The summed E-state index contributed by atoms with van der Waals surface area (Å²) in [5.41, 5.74) is 1.07. The number of anilines is 2. The van der Waals surface area contributed by atoms with Crippen LogP contribution in [0, 0.1) is 11.6 Å². The van der Waals surface area contributed by atoms with Crippen molar-refractivity contribution in [2.45, 2.75) is 32.4 Å². The monoisotopic (exact) mass is 447 g/mol. The maximum Gasteiger partial charge on any atom is 0.323 e. The average molecular weight is 448 g/mol. The number of pyridine rings is 1. The number of nitrogens with zero attached hydrogens (tertiary/aromatic N) is 4. The second kappa shape index (κ2) is 8.72. The summed E-state index contributed by atoms with van der Waals surface area (Å²) in [6.45, 7) is 4.90. The molecule has 1 fully saturated rings. The van der Waals surface area contributed by atoms with Crippen LogP contribution in [0.25, 0.3) is 10.2 Å². The van der Waals surface area contributed by atoms with Gasteiger partial charge in [0.2, 0.25) is 0 Å². The molecule has 0 radical (unpaired) electrons. The van der Waals surface area contributed by atoms with Gasteiger partial charge in [0, 0.05) is 37.4 Å². The third kappa shape index (κ3) is 4.45. The third-order valence-corrected chi connectivity index (χ3v) is 6.30. The normalized spacial score (nSPS) is 17.8. The van der Waals surface area contributed by atoms with Crippen LogP contribution in [0.2, 0.25) is 0 Å². The Bertz CT molecular complexity index is 1110. The van der Waals surface area contributed by atoms with Gasteiger partial charge in [-0.3, -0.25) is 5.32 Å². The van der Waals surface area contributed by atoms with Crippen molar-refractivity contribution in [3.8, 4) is 0 Å². The quantitative estimate of drug-likeness (QED) is 0.628. The number of piperazine rings is 1. The zero-order valence-corrected chi connectivity index (χ0v) is 18.0. The largest absolute Gasteiger partial charge is 0.388 e. The highest BCUT2D eigenvalue weighted by Gasteiger charge is 2.29. The molecule has 1 aliphatic heterocycles. The molecule has 2 aromatic heterocycles. The van der Waals surface area contributed by atoms with Crippen molar-refractivity contribution in [1.29, 1.82) is 0 Å². The van der Waals surface area contributed by atoms with Crippen LogP contribution < -0.4 is 10.2 Å². The second-order valence-electron chi connectivity index (χ2n) is 7.55. The minimum atomic E-state index is -0.743. The van der Waals surface area contributed by atoms with E-state index in [0.29, 0.717) is 47.0 Å². The van der Waals surface area contributed by atoms with Gasteiger partial charge in [-0.15, -0.1) is 0 Å². The molecule has 0 spiro atoms. The van der Waals surface area contributed by atoms with Gasteiger partial charge in [0.15, 0.2) is 16.8 Å². The number of aliphatic hydroxyl groups excluding tert-OH is 1. The molecule has 2 N–H and O–H groups in total. The number of aliphatic hydroxyl groups is 1. The van der Waals surface area contributed by atoms with Crippen LogP contribution in [-0.2, 0) is 0 Å². The Hall–Kier alpha value is -2.85. The molecule has 1 aromatic carbocycles. The summed E-state index contributed by atoms with van der Waals surface area (Å²) in [5, 5.41) is 13.1. The predicted octanol–water partition coefficient (Wildman–Crippen LogP) is 4.16. The van der Waals surface area contributed by atoms with E-state index in [1.807, 2.05) is 18.7 Å². The Kier molecular flexibility index (Phi) is 6.01. The minimum absolute atomic E-state index is 0.159. The van der Waals surface area contributed by atoms with Crippen LogP contribution in [0.1, 0.15) is 31.9 Å². The Morgan fingerprint density at radius 2 is 2.16 bits per heavy atom. The van der Waals surface area contributed by atoms with Gasteiger partial charge in [0.1, 0.15) is 5.82 Å². The van der Waals surface area contributed by atoms with Crippen molar-refractivity contribution in [1.82, 2.24) is 14.9 Å². The summed E-state index contributed by atoms with van der Waals surface area (Å²) in [5.74, 6) is -0.624. The van der Waals surface area contributed by atoms with E-state index >= 15 is 0 Å². The standard InChI is InChI=1S/C21H23F2N5O2S/c1-3-17(29)13-8-15(23)19(24-10-13)28-7-6-27(11-12(28)2)21(30)26-20-25-16-5-4-14(22)9-18(16)31-20/h4-5,8-10,12,17,29H,3,6-7,11H2,1-2H3,(H,25,26,30). The van der Waals surface area contributed by atoms with Crippen LogP contribution in [0.4, 0.5) is 24.5 Å². The Morgan fingerprint density at radius 3 is 2.87 bits per heavy atom. The predicted molar refractivity (Wildman–Crippen MR) is 116 cm³/mol. The summed E-state index contributed by atoms with van der Waals surface area (Å²) >= 11 is 1.21. The van der Waals surface area contributed by atoms with Crippen molar-refractivity contribution in [2.75, 3.05) is 29.9 Å². The molecule has 7 nitrogen and oxygen atoms in total. The summed E-state index contributed by atoms with van der Waals surface area (Å²) in [6, 6.07) is 5.14. The molecule has 0 bridgehead atoms. The number of amides is 2. The molecular weight excluding hydrogens is 424 g/mol. The van der Waals surface area contributed by atoms with Gasteiger partial charge in [-0.1, -0.05) is 18.3 Å². The topological polar surface area (TPSA) is 81.6 Å². The maximum atomic E-state index is 14.6. The number of halogens is 2. The molecule has 4 rings (SSSR count). The molecule has 2 amide bonds. The fraction of sp³-hybridized carbons (Fsp3) is 0.381. The number of benzene rings is 1. The van der Waals surface area contributed by atoms with Crippen LogP contribution in [0.3, 0.4) is 0 Å². The van der Waals surface area contributed by atoms with Gasteiger partial charge in [0.25, 0.3) is 0 Å². The number of fused-ring (bicyclic) bond motifs is 1. The third-order valence-electron chi connectivity index (χ3n) is 5.37. The smallest absolute Gasteiger partial charge is 0.323 e. The van der Waals surface area contributed by atoms with Crippen molar-refractivity contribution in [3.63, 3.8) is 0 Å². The van der Waals surface area contributed by atoms with E-state index in [1.54, 1.807) is 11.0 Å². The first-order chi connectivity index (χ1) is 14.9. The van der Waals surface area contributed by atoms with E-state index in [2.05, 4.69) is 15.3 Å². The highest BCUT2D eigenvalue weighted by Crippen LogP contribution is 2.28. The molecule has 164 valence electrons. The molecule has 1 saturated heterocycles. The molecule has 1 aliphatic rings. The van der Waals surface area contributed by atoms with Crippen LogP contribution in [0.15, 0.2) is 30.5 Å². The van der Waals surface area contributed by atoms with E-state index < -0.39 is 11.9 Å². The number of carbonyl (C=O) groups excluding carboxylic acids is 1. The molecule has 3 aromatic rings. The highest BCUT2D eigenvalue weighted by molar-refractivity contribution is 7.22. The first-order valence-corrected chi connectivity index (χ1v) is 10.9. The average Bonchev–Trinajstić information content (AvgIpc) is 3.14. The molecule has 2 unspecified atom stereocenters. The number of urea groups is 1. The van der Waals surface area contributed by atoms with Gasteiger partial charge >= 0.3 is 6.03 Å². The lowest BCUT2D eigenvalue weighted by molar-refractivity contribution is 0.172. The molecule has 2 atom stereocenters. The number of hydrogen-bond donors (Lipinski definition) is 2. The van der Waals surface area contributed by atoms with Crippen molar-refractivity contribution < 1.29 is 18.7 Å². The Labute approximate surface area is 182 Å². The van der Waals surface area contributed by atoms with Gasteiger partial charge < -0.3 is 14.9 Å². The SMILES string of the molecule is CCC(O)c1cnc(N2CCN(C(=O)Nc3nc4ccc(F)cc4s3)CC2C)c(F)c1. The van der Waals surface area contributed by atoms with Crippen molar-refractivity contribution in [2.24, 2.45) is 0 Å². The summed E-state index contributed by atoms with van der Waals surface area (Å²) in [6.07, 6.45) is 1.23. The summed E-state index contributed by atoms with van der Waals surface area (Å²) in [7, 11) is 0. The van der Waals surface area contributed by atoms with E-state index in [1.165, 1.54) is 35.7 Å². The number of carbonyl (C=O) groups is 1. The molecule has 31 heavy (non-hydrogen) atoms. The van der Waals surface area contributed by atoms with E-state index in [0.717, 1.165) is 0 Å². The van der Waals surface area contributed by atoms with E-state index in [-0.39, 0.29) is 23.7 Å². The fourth-order valence-corrected chi connectivity index (χ4v) is 4.53. The van der Waals surface area contributed by atoms with E-state index in [4.69, 9.17) is 0 Å². The number of aromatic nitrogens is 2. The van der Waals surface area contributed by atoms with Gasteiger partial charge in [0.05, 0.1) is 16.3 Å². The lowest BCUT2D eigenvalue weighted by Gasteiger charge is -2.40. The van der Waals surface area contributed by atoms with Gasteiger partial charge in [-0.25, -0.2) is 23.5 Å². The lowest BCUT2D eigenvalue weighted by atomic mass is 10.1. The van der Waals surface area contributed by atoms with Gasteiger partial charge in [-0.2, -0.15) is 0 Å². The Morgan fingerprint density at radius 1 is 1.35 bits per heavy atom. The lowest BCUT2D eigenvalue weighted by Crippen LogP contribution is -2.55. The van der Waals surface area contributed by atoms with Crippen LogP contribution in [0.5, 0.6) is 0 Å². The first kappa shape index (κ1) is 21.4. The fourth-order valence-electron chi connectivity index (χ4n) is 3.65.